The van der Waals surface area contributed by atoms with Gasteiger partial charge in [0.1, 0.15) is 6.33 Å². The van der Waals surface area contributed by atoms with Crippen LogP contribution >= 0.6 is 0 Å². The molecule has 2 aliphatic rings. The first-order chi connectivity index (χ1) is 13.7. The van der Waals surface area contributed by atoms with Gasteiger partial charge in [0, 0.05) is 49.5 Å². The maximum Gasteiger partial charge on any atom is 0.224 e. The van der Waals surface area contributed by atoms with Gasteiger partial charge in [-0.15, -0.1) is 0 Å². The Labute approximate surface area is 166 Å². The summed E-state index contributed by atoms with van der Waals surface area (Å²) in [6.07, 6.45) is 5.44. The minimum atomic E-state index is -0.126. The lowest BCUT2D eigenvalue weighted by Gasteiger charge is -2.28. The van der Waals surface area contributed by atoms with Crippen LogP contribution in [0.25, 0.3) is 11.3 Å². The molecule has 1 amide bonds. The van der Waals surface area contributed by atoms with Crippen molar-refractivity contribution >= 4 is 5.91 Å². The lowest BCUT2D eigenvalue weighted by Crippen LogP contribution is -2.43. The topological polar surface area (TPSA) is 67.4 Å². The van der Waals surface area contributed by atoms with E-state index in [1.54, 1.807) is 6.33 Å². The molecule has 6 nitrogen and oxygen atoms in total. The minimum absolute atomic E-state index is 0.0954. The molecule has 1 aromatic carbocycles. The SMILES string of the molecule is CN1CCc2ncnc(-c3ccccc3)c2C[C@@H](C(=O)NC[C@@H]2CCCO2)C1. The molecule has 0 bridgehead atoms. The van der Waals surface area contributed by atoms with E-state index < -0.39 is 0 Å². The third-order valence-corrected chi connectivity index (χ3v) is 5.69. The Morgan fingerprint density at radius 1 is 1.29 bits per heavy atom. The second-order valence-electron chi connectivity index (χ2n) is 7.81. The molecular formula is C22H28N4O2. The maximum absolute atomic E-state index is 13.0. The molecule has 0 spiro atoms. The summed E-state index contributed by atoms with van der Waals surface area (Å²) in [5.74, 6) is -0.0306. The van der Waals surface area contributed by atoms with Crippen molar-refractivity contribution in [3.8, 4) is 11.3 Å². The molecule has 1 fully saturated rings. The predicted octanol–water partition coefficient (Wildman–Crippen LogP) is 2.09. The summed E-state index contributed by atoms with van der Waals surface area (Å²) in [7, 11) is 2.07. The van der Waals surface area contributed by atoms with Gasteiger partial charge in [-0.2, -0.15) is 0 Å². The Morgan fingerprint density at radius 3 is 2.93 bits per heavy atom. The highest BCUT2D eigenvalue weighted by atomic mass is 16.5. The molecule has 4 rings (SSSR count). The van der Waals surface area contributed by atoms with E-state index >= 15 is 0 Å². The number of nitrogens with one attached hydrogen (secondary N) is 1. The summed E-state index contributed by atoms with van der Waals surface area (Å²) in [4.78, 5) is 24.3. The fraction of sp³-hybridized carbons (Fsp3) is 0.500. The zero-order valence-electron chi connectivity index (χ0n) is 16.4. The number of likely N-dealkylation sites (N-methyl/N-ethyl adjacent to an activating group) is 1. The molecule has 1 saturated heterocycles. The van der Waals surface area contributed by atoms with Crippen LogP contribution in [0.4, 0.5) is 0 Å². The Hall–Kier alpha value is -2.31. The Balaban J connectivity index is 1.58. The van der Waals surface area contributed by atoms with Crippen molar-refractivity contribution in [3.05, 3.63) is 47.9 Å². The molecule has 0 radical (unpaired) electrons. The fourth-order valence-electron chi connectivity index (χ4n) is 4.14. The lowest BCUT2D eigenvalue weighted by atomic mass is 9.90. The third-order valence-electron chi connectivity index (χ3n) is 5.69. The van der Waals surface area contributed by atoms with Crippen LogP contribution < -0.4 is 5.32 Å². The summed E-state index contributed by atoms with van der Waals surface area (Å²) in [5.41, 5.74) is 4.19. The van der Waals surface area contributed by atoms with E-state index in [-0.39, 0.29) is 17.9 Å². The van der Waals surface area contributed by atoms with Gasteiger partial charge in [0.15, 0.2) is 0 Å². The average Bonchev–Trinajstić information content (AvgIpc) is 3.23. The van der Waals surface area contributed by atoms with Crippen LogP contribution in [0.2, 0.25) is 0 Å². The number of hydrogen-bond acceptors (Lipinski definition) is 5. The molecule has 28 heavy (non-hydrogen) atoms. The molecule has 2 aromatic rings. The maximum atomic E-state index is 13.0. The Bertz CT molecular complexity index is 805. The normalized spacial score (nSPS) is 22.9. The third kappa shape index (κ3) is 4.39. The average molecular weight is 380 g/mol. The Kier molecular flexibility index (Phi) is 5.98. The quantitative estimate of drug-likeness (QED) is 0.880. The molecular weight excluding hydrogens is 352 g/mol. The second kappa shape index (κ2) is 8.80. The van der Waals surface area contributed by atoms with Crippen LogP contribution in [0.5, 0.6) is 0 Å². The van der Waals surface area contributed by atoms with Gasteiger partial charge in [0.2, 0.25) is 5.91 Å². The molecule has 1 aromatic heterocycles. The van der Waals surface area contributed by atoms with Crippen molar-refractivity contribution < 1.29 is 9.53 Å². The fourth-order valence-corrected chi connectivity index (χ4v) is 4.14. The summed E-state index contributed by atoms with van der Waals surface area (Å²) in [5, 5.41) is 3.12. The smallest absolute Gasteiger partial charge is 0.224 e. The van der Waals surface area contributed by atoms with E-state index in [1.807, 2.05) is 18.2 Å². The van der Waals surface area contributed by atoms with Gasteiger partial charge in [-0.05, 0) is 26.3 Å². The number of nitrogens with zero attached hydrogens (tertiary/aromatic N) is 3. The van der Waals surface area contributed by atoms with E-state index in [9.17, 15) is 4.79 Å². The number of carbonyl (C=O) groups is 1. The first kappa shape index (κ1) is 19.0. The van der Waals surface area contributed by atoms with E-state index in [0.717, 1.165) is 61.5 Å². The number of carbonyl (C=O) groups excluding carboxylic acids is 1. The van der Waals surface area contributed by atoms with Crippen molar-refractivity contribution in [3.63, 3.8) is 0 Å². The standard InChI is InChI=1S/C22H28N4O2/c1-26-10-9-20-19(21(25-15-24-20)16-6-3-2-4-7-16)12-17(14-26)22(27)23-13-18-8-5-11-28-18/h2-4,6-7,15,17-18H,5,8-14H2,1H3,(H,23,27)/t17-,18+/m1/s1. The van der Waals surface area contributed by atoms with Gasteiger partial charge in [-0.1, -0.05) is 30.3 Å². The van der Waals surface area contributed by atoms with Crippen LogP contribution in [-0.2, 0) is 22.4 Å². The van der Waals surface area contributed by atoms with Crippen molar-refractivity contribution in [2.45, 2.75) is 31.8 Å². The van der Waals surface area contributed by atoms with E-state index in [1.165, 1.54) is 0 Å². The highest BCUT2D eigenvalue weighted by Crippen LogP contribution is 2.27. The molecule has 1 N–H and O–H groups in total. The number of ether oxygens (including phenoxy) is 1. The number of fused-ring (bicyclic) bond motifs is 1. The van der Waals surface area contributed by atoms with Gasteiger partial charge in [0.25, 0.3) is 0 Å². The van der Waals surface area contributed by atoms with Gasteiger partial charge in [-0.3, -0.25) is 4.79 Å². The van der Waals surface area contributed by atoms with Crippen molar-refractivity contribution in [2.24, 2.45) is 5.92 Å². The van der Waals surface area contributed by atoms with Gasteiger partial charge in [-0.25, -0.2) is 9.97 Å². The molecule has 6 heteroatoms. The highest BCUT2D eigenvalue weighted by Gasteiger charge is 2.28. The zero-order chi connectivity index (χ0) is 19.3. The summed E-state index contributed by atoms with van der Waals surface area (Å²) in [6, 6.07) is 10.2. The summed E-state index contributed by atoms with van der Waals surface area (Å²) < 4.78 is 5.64. The largest absolute Gasteiger partial charge is 0.376 e. The molecule has 148 valence electrons. The van der Waals surface area contributed by atoms with Crippen LogP contribution in [0, 0.1) is 5.92 Å². The lowest BCUT2D eigenvalue weighted by molar-refractivity contribution is -0.126. The van der Waals surface area contributed by atoms with Gasteiger partial charge in [0.05, 0.1) is 17.7 Å². The molecule has 2 atom stereocenters. The zero-order valence-corrected chi connectivity index (χ0v) is 16.4. The number of amides is 1. The number of rotatable bonds is 4. The molecule has 3 heterocycles. The molecule has 0 unspecified atom stereocenters. The minimum Gasteiger partial charge on any atom is -0.376 e. The predicted molar refractivity (Wildman–Crippen MR) is 108 cm³/mol. The van der Waals surface area contributed by atoms with Gasteiger partial charge < -0.3 is 15.0 Å². The monoisotopic (exact) mass is 380 g/mol. The summed E-state index contributed by atoms with van der Waals surface area (Å²) >= 11 is 0. The Morgan fingerprint density at radius 2 is 2.14 bits per heavy atom. The van der Waals surface area contributed by atoms with E-state index in [0.29, 0.717) is 13.0 Å². The number of aromatic nitrogens is 2. The first-order valence-electron chi connectivity index (χ1n) is 10.2. The van der Waals surface area contributed by atoms with Crippen LogP contribution in [0.15, 0.2) is 36.7 Å². The van der Waals surface area contributed by atoms with Crippen molar-refractivity contribution in [1.29, 1.82) is 0 Å². The highest BCUT2D eigenvalue weighted by molar-refractivity contribution is 5.80. The molecule has 2 aliphatic heterocycles. The van der Waals surface area contributed by atoms with Crippen LogP contribution in [-0.4, -0.2) is 60.2 Å². The van der Waals surface area contributed by atoms with Gasteiger partial charge >= 0.3 is 0 Å². The number of hydrogen-bond donors (Lipinski definition) is 1. The van der Waals surface area contributed by atoms with E-state index in [4.69, 9.17) is 4.74 Å². The van der Waals surface area contributed by atoms with Crippen LogP contribution in [0.1, 0.15) is 24.1 Å². The molecule has 0 aliphatic carbocycles. The van der Waals surface area contributed by atoms with E-state index in [2.05, 4.69) is 39.4 Å². The van der Waals surface area contributed by atoms with Crippen molar-refractivity contribution in [1.82, 2.24) is 20.2 Å². The molecule has 0 saturated carbocycles. The first-order valence-corrected chi connectivity index (χ1v) is 10.2. The van der Waals surface area contributed by atoms with Crippen LogP contribution in [0.3, 0.4) is 0 Å². The number of benzene rings is 1. The second-order valence-corrected chi connectivity index (χ2v) is 7.81. The summed E-state index contributed by atoms with van der Waals surface area (Å²) in [6.45, 7) is 3.02. The van der Waals surface area contributed by atoms with Crippen molar-refractivity contribution in [2.75, 3.05) is 33.3 Å².